The molecule has 0 saturated carbocycles. The maximum absolute atomic E-state index is 4.08. The zero-order chi connectivity index (χ0) is 13.0. The molecule has 2 nitrogen and oxygen atoms in total. The molecule has 2 aromatic rings. The predicted octanol–water partition coefficient (Wildman–Crippen LogP) is 3.72. The third kappa shape index (κ3) is 2.82. The lowest BCUT2D eigenvalue weighted by atomic mass is 10.1. The van der Waals surface area contributed by atoms with E-state index < -0.39 is 0 Å². The molecule has 0 spiro atoms. The summed E-state index contributed by atoms with van der Waals surface area (Å²) >= 11 is 0. The maximum Gasteiger partial charge on any atom is 0.0483 e. The van der Waals surface area contributed by atoms with Crippen LogP contribution in [0.5, 0.6) is 0 Å². The molecule has 0 aliphatic heterocycles. The predicted molar refractivity (Wildman–Crippen MR) is 78.7 cm³/mol. The number of rotatable bonds is 6. The Balaban J connectivity index is 2.23. The third-order valence-corrected chi connectivity index (χ3v) is 3.31. The van der Waals surface area contributed by atoms with Crippen molar-refractivity contribution in [3.63, 3.8) is 0 Å². The summed E-state index contributed by atoms with van der Waals surface area (Å²) in [6.45, 7) is 11.2. The number of fused-ring (bicyclic) bond motifs is 1. The van der Waals surface area contributed by atoms with Gasteiger partial charge in [-0.2, -0.15) is 0 Å². The molecule has 0 fully saturated rings. The minimum atomic E-state index is 0.923. The van der Waals surface area contributed by atoms with Crippen LogP contribution in [0.2, 0.25) is 0 Å². The van der Waals surface area contributed by atoms with Gasteiger partial charge in [0, 0.05) is 24.8 Å². The Morgan fingerprint density at radius 2 is 2.11 bits per heavy atom. The fraction of sp³-hybridized carbons (Fsp3) is 0.375. The van der Waals surface area contributed by atoms with Crippen molar-refractivity contribution in [2.45, 2.75) is 33.4 Å². The van der Waals surface area contributed by atoms with E-state index in [2.05, 4.69) is 60.8 Å². The first-order valence-electron chi connectivity index (χ1n) is 6.69. The van der Waals surface area contributed by atoms with Crippen LogP contribution in [-0.4, -0.2) is 11.1 Å². The van der Waals surface area contributed by atoms with E-state index in [1.165, 1.54) is 22.0 Å². The SMILES string of the molecule is C=C(CC)Cn1ccc2cc(CNCC)ccc21. The summed E-state index contributed by atoms with van der Waals surface area (Å²) in [7, 11) is 0. The summed E-state index contributed by atoms with van der Waals surface area (Å²) in [5.41, 5.74) is 3.91. The molecule has 0 radical (unpaired) electrons. The number of benzene rings is 1. The number of hydrogen-bond donors (Lipinski definition) is 1. The average Bonchev–Trinajstić information content (AvgIpc) is 2.78. The lowest BCUT2D eigenvalue weighted by Crippen LogP contribution is -2.11. The van der Waals surface area contributed by atoms with Crippen LogP contribution in [0.15, 0.2) is 42.6 Å². The molecule has 2 heteroatoms. The highest BCUT2D eigenvalue weighted by Crippen LogP contribution is 2.19. The summed E-state index contributed by atoms with van der Waals surface area (Å²) in [5.74, 6) is 0. The Bertz CT molecular complexity index is 537. The van der Waals surface area contributed by atoms with Gasteiger partial charge in [0.1, 0.15) is 0 Å². The minimum Gasteiger partial charge on any atom is -0.343 e. The molecule has 0 amide bonds. The van der Waals surface area contributed by atoms with Crippen LogP contribution in [0.4, 0.5) is 0 Å². The summed E-state index contributed by atoms with van der Waals surface area (Å²) < 4.78 is 2.28. The van der Waals surface area contributed by atoms with E-state index in [1.54, 1.807) is 0 Å². The van der Waals surface area contributed by atoms with Gasteiger partial charge in [-0.15, -0.1) is 0 Å². The quantitative estimate of drug-likeness (QED) is 0.764. The lowest BCUT2D eigenvalue weighted by molar-refractivity contribution is 0.727. The zero-order valence-electron chi connectivity index (χ0n) is 11.4. The second kappa shape index (κ2) is 5.87. The Morgan fingerprint density at radius 3 is 2.83 bits per heavy atom. The van der Waals surface area contributed by atoms with Crippen LogP contribution < -0.4 is 5.32 Å². The van der Waals surface area contributed by atoms with E-state index in [4.69, 9.17) is 0 Å². The molecule has 1 aromatic heterocycles. The Morgan fingerprint density at radius 1 is 1.28 bits per heavy atom. The van der Waals surface area contributed by atoms with Crippen LogP contribution in [-0.2, 0) is 13.1 Å². The Labute approximate surface area is 109 Å². The van der Waals surface area contributed by atoms with E-state index in [-0.39, 0.29) is 0 Å². The topological polar surface area (TPSA) is 17.0 Å². The van der Waals surface area contributed by atoms with Crippen LogP contribution in [0, 0.1) is 0 Å². The number of nitrogens with one attached hydrogen (secondary N) is 1. The summed E-state index contributed by atoms with van der Waals surface area (Å²) in [4.78, 5) is 0. The molecule has 1 heterocycles. The van der Waals surface area contributed by atoms with E-state index in [0.29, 0.717) is 0 Å². The van der Waals surface area contributed by atoms with Crippen molar-refractivity contribution in [3.05, 3.63) is 48.2 Å². The molecular weight excluding hydrogens is 220 g/mol. The van der Waals surface area contributed by atoms with Gasteiger partial charge >= 0.3 is 0 Å². The normalized spacial score (nSPS) is 11.0. The van der Waals surface area contributed by atoms with Crippen LogP contribution >= 0.6 is 0 Å². The lowest BCUT2D eigenvalue weighted by Gasteiger charge is -2.07. The number of allylic oxidation sites excluding steroid dienone is 1. The van der Waals surface area contributed by atoms with Gasteiger partial charge in [-0.25, -0.2) is 0 Å². The second-order valence-corrected chi connectivity index (χ2v) is 4.72. The summed E-state index contributed by atoms with van der Waals surface area (Å²) in [6, 6.07) is 8.87. The van der Waals surface area contributed by atoms with E-state index in [0.717, 1.165) is 26.1 Å². The largest absolute Gasteiger partial charge is 0.343 e. The molecule has 1 N–H and O–H groups in total. The number of aromatic nitrogens is 1. The third-order valence-electron chi connectivity index (χ3n) is 3.31. The van der Waals surface area contributed by atoms with Crippen molar-refractivity contribution in [2.24, 2.45) is 0 Å². The van der Waals surface area contributed by atoms with E-state index in [9.17, 15) is 0 Å². The van der Waals surface area contributed by atoms with Gasteiger partial charge in [-0.1, -0.05) is 32.1 Å². The molecule has 0 aliphatic carbocycles. The van der Waals surface area contributed by atoms with Crippen LogP contribution in [0.25, 0.3) is 10.9 Å². The van der Waals surface area contributed by atoms with Crippen molar-refractivity contribution in [3.8, 4) is 0 Å². The second-order valence-electron chi connectivity index (χ2n) is 4.72. The molecule has 96 valence electrons. The van der Waals surface area contributed by atoms with Gasteiger partial charge in [0.15, 0.2) is 0 Å². The molecule has 0 atom stereocenters. The molecule has 18 heavy (non-hydrogen) atoms. The Kier molecular flexibility index (Phi) is 4.21. The highest BCUT2D eigenvalue weighted by molar-refractivity contribution is 5.81. The molecule has 0 aliphatic rings. The highest BCUT2D eigenvalue weighted by Gasteiger charge is 2.03. The monoisotopic (exact) mass is 242 g/mol. The maximum atomic E-state index is 4.08. The zero-order valence-corrected chi connectivity index (χ0v) is 11.4. The van der Waals surface area contributed by atoms with E-state index in [1.807, 2.05) is 0 Å². The average molecular weight is 242 g/mol. The van der Waals surface area contributed by atoms with Gasteiger partial charge in [-0.05, 0) is 42.1 Å². The smallest absolute Gasteiger partial charge is 0.0483 e. The molecule has 0 saturated heterocycles. The van der Waals surface area contributed by atoms with Gasteiger partial charge in [0.25, 0.3) is 0 Å². The molecule has 0 bridgehead atoms. The first-order chi connectivity index (χ1) is 8.74. The molecule has 1 aromatic carbocycles. The van der Waals surface area contributed by atoms with E-state index >= 15 is 0 Å². The van der Waals surface area contributed by atoms with Gasteiger partial charge in [0.05, 0.1) is 0 Å². The highest BCUT2D eigenvalue weighted by atomic mass is 14.9. The van der Waals surface area contributed by atoms with Gasteiger partial charge in [0.2, 0.25) is 0 Å². The molecule has 2 rings (SSSR count). The van der Waals surface area contributed by atoms with Crippen molar-refractivity contribution >= 4 is 10.9 Å². The standard InChI is InChI=1S/C16H22N2/c1-4-13(3)12-18-9-8-15-10-14(11-17-5-2)6-7-16(15)18/h6-10,17H,3-5,11-12H2,1-2H3. The summed E-state index contributed by atoms with van der Waals surface area (Å²) in [6.07, 6.45) is 3.20. The van der Waals surface area contributed by atoms with Crippen molar-refractivity contribution in [1.82, 2.24) is 9.88 Å². The van der Waals surface area contributed by atoms with Gasteiger partial charge < -0.3 is 9.88 Å². The molecular formula is C16H22N2. The van der Waals surface area contributed by atoms with Crippen molar-refractivity contribution < 1.29 is 0 Å². The van der Waals surface area contributed by atoms with Gasteiger partial charge in [-0.3, -0.25) is 0 Å². The van der Waals surface area contributed by atoms with Crippen molar-refractivity contribution in [1.29, 1.82) is 0 Å². The summed E-state index contributed by atoms with van der Waals surface area (Å²) in [5, 5.41) is 4.67. The fourth-order valence-corrected chi connectivity index (χ4v) is 2.12. The van der Waals surface area contributed by atoms with Crippen LogP contribution in [0.1, 0.15) is 25.8 Å². The molecule has 0 unspecified atom stereocenters. The first-order valence-corrected chi connectivity index (χ1v) is 6.69. The van der Waals surface area contributed by atoms with Crippen molar-refractivity contribution in [2.75, 3.05) is 6.54 Å². The first kappa shape index (κ1) is 12.9. The fourth-order valence-electron chi connectivity index (χ4n) is 2.12. The van der Waals surface area contributed by atoms with Crippen LogP contribution in [0.3, 0.4) is 0 Å². The Hall–Kier alpha value is -1.54. The number of nitrogens with zero attached hydrogens (tertiary/aromatic N) is 1. The minimum absolute atomic E-state index is 0.923. The number of hydrogen-bond acceptors (Lipinski definition) is 1.